The van der Waals surface area contributed by atoms with Gasteiger partial charge in [-0.05, 0) is 44.4 Å². The van der Waals surface area contributed by atoms with E-state index in [9.17, 15) is 9.90 Å². The Kier molecular flexibility index (Phi) is 4.61. The van der Waals surface area contributed by atoms with Crippen LogP contribution in [-0.2, 0) is 13.7 Å². The number of aryl methyl sites for hydroxylation is 2. The van der Waals surface area contributed by atoms with Gasteiger partial charge in [0, 0.05) is 18.6 Å². The van der Waals surface area contributed by atoms with Gasteiger partial charge in [-0.3, -0.25) is 9.48 Å². The molecule has 0 unspecified atom stereocenters. The van der Waals surface area contributed by atoms with Gasteiger partial charge in [-0.25, -0.2) is 4.98 Å². The lowest BCUT2D eigenvalue weighted by Crippen LogP contribution is -2.56. The minimum Gasteiger partial charge on any atom is -0.488 e. The maximum Gasteiger partial charge on any atom is 0.270 e. The summed E-state index contributed by atoms with van der Waals surface area (Å²) in [6, 6.07) is 5.55. The number of hydrogen-bond acceptors (Lipinski definition) is 6. The maximum absolute atomic E-state index is 12.9. The Balaban J connectivity index is 1.58. The molecule has 0 saturated heterocycles. The summed E-state index contributed by atoms with van der Waals surface area (Å²) in [5, 5.41) is 18.8. The van der Waals surface area contributed by atoms with Gasteiger partial charge in [0.2, 0.25) is 0 Å². The number of aromatic nitrogens is 3. The van der Waals surface area contributed by atoms with Crippen LogP contribution < -0.4 is 10.1 Å². The lowest BCUT2D eigenvalue weighted by atomic mass is 9.77. The molecule has 8 heteroatoms. The summed E-state index contributed by atoms with van der Waals surface area (Å²) in [6.45, 7) is 2.35. The molecular weight excluding hydrogens is 364 g/mol. The first-order chi connectivity index (χ1) is 13.0. The van der Waals surface area contributed by atoms with Crippen molar-refractivity contribution in [3.63, 3.8) is 0 Å². The predicted octanol–water partition coefficient (Wildman–Crippen LogP) is 2.56. The fraction of sp³-hybridized carbons (Fsp3) is 0.421. The van der Waals surface area contributed by atoms with Gasteiger partial charge in [0.15, 0.2) is 0 Å². The van der Waals surface area contributed by atoms with E-state index in [1.54, 1.807) is 23.1 Å². The van der Waals surface area contributed by atoms with E-state index in [0.29, 0.717) is 18.1 Å². The van der Waals surface area contributed by atoms with Crippen LogP contribution in [0.4, 0.5) is 0 Å². The summed E-state index contributed by atoms with van der Waals surface area (Å²) < 4.78 is 7.46. The van der Waals surface area contributed by atoms with E-state index in [2.05, 4.69) is 15.4 Å². The molecule has 142 valence electrons. The van der Waals surface area contributed by atoms with Crippen molar-refractivity contribution >= 4 is 28.1 Å². The normalized spacial score (nSPS) is 15.5. The van der Waals surface area contributed by atoms with Crippen LogP contribution in [0.5, 0.6) is 5.75 Å². The quantitative estimate of drug-likeness (QED) is 0.680. The summed E-state index contributed by atoms with van der Waals surface area (Å²) in [5.74, 6) is 0.458. The Bertz CT molecular complexity index is 985. The molecule has 0 radical (unpaired) electrons. The fourth-order valence-corrected chi connectivity index (χ4v) is 4.10. The zero-order valence-electron chi connectivity index (χ0n) is 15.4. The van der Waals surface area contributed by atoms with Crippen molar-refractivity contribution in [3.8, 4) is 5.75 Å². The Labute approximate surface area is 161 Å². The van der Waals surface area contributed by atoms with E-state index < -0.39 is 5.54 Å². The Hall–Kier alpha value is -2.45. The van der Waals surface area contributed by atoms with Crippen molar-refractivity contribution < 1.29 is 14.6 Å². The number of carbonyl (C=O) groups is 1. The monoisotopic (exact) mass is 386 g/mol. The van der Waals surface area contributed by atoms with E-state index in [1.807, 2.05) is 31.3 Å². The third-order valence-corrected chi connectivity index (χ3v) is 5.95. The van der Waals surface area contributed by atoms with Crippen LogP contribution in [0.3, 0.4) is 0 Å². The number of fused-ring (bicyclic) bond motifs is 1. The third kappa shape index (κ3) is 3.42. The van der Waals surface area contributed by atoms with Crippen molar-refractivity contribution in [1.29, 1.82) is 0 Å². The number of ether oxygens (including phenoxy) is 1. The summed E-state index contributed by atoms with van der Waals surface area (Å²) in [4.78, 5) is 18.1. The topological polar surface area (TPSA) is 89.3 Å². The average molecular weight is 386 g/mol. The number of aliphatic hydroxyl groups excluding tert-OH is 1. The summed E-state index contributed by atoms with van der Waals surface area (Å²) in [5.41, 5.74) is 0.713. The first-order valence-electron chi connectivity index (χ1n) is 8.94. The van der Waals surface area contributed by atoms with E-state index >= 15 is 0 Å². The highest BCUT2D eigenvalue weighted by molar-refractivity contribution is 7.11. The SMILES string of the molecule is Cc1ncc(COc2ccc3nn(C)c(C(=O)NC4(CO)CCC4)c3c2)s1. The average Bonchev–Trinajstić information content (AvgIpc) is 3.17. The van der Waals surface area contributed by atoms with E-state index in [4.69, 9.17) is 4.74 Å². The largest absolute Gasteiger partial charge is 0.488 e. The van der Waals surface area contributed by atoms with Gasteiger partial charge in [0.25, 0.3) is 5.91 Å². The summed E-state index contributed by atoms with van der Waals surface area (Å²) in [6.07, 6.45) is 4.43. The zero-order valence-corrected chi connectivity index (χ0v) is 16.2. The standard InChI is InChI=1S/C19H22N4O3S/c1-12-20-9-14(27-12)10-26-13-4-5-16-15(8-13)17(23(2)22-16)18(25)21-19(11-24)6-3-7-19/h4-5,8-9,24H,3,6-7,10-11H2,1-2H3,(H,21,25). The van der Waals surface area contributed by atoms with Gasteiger partial charge in [0.1, 0.15) is 18.1 Å². The number of amides is 1. The van der Waals surface area contributed by atoms with Crippen molar-refractivity contribution in [1.82, 2.24) is 20.1 Å². The maximum atomic E-state index is 12.9. The Morgan fingerprint density at radius 2 is 2.26 bits per heavy atom. The van der Waals surface area contributed by atoms with Crippen molar-refractivity contribution in [2.45, 2.75) is 38.3 Å². The molecule has 1 amide bonds. The number of carbonyl (C=O) groups excluding carboxylic acids is 1. The molecule has 0 bridgehead atoms. The second-order valence-electron chi connectivity index (χ2n) is 7.03. The van der Waals surface area contributed by atoms with Crippen LogP contribution >= 0.6 is 11.3 Å². The molecule has 7 nitrogen and oxygen atoms in total. The molecule has 1 aliphatic carbocycles. The molecule has 1 fully saturated rings. The van der Waals surface area contributed by atoms with Crippen molar-refractivity contribution in [2.24, 2.45) is 7.05 Å². The minimum absolute atomic E-state index is 0.0445. The number of aliphatic hydroxyl groups is 1. The van der Waals surface area contributed by atoms with Crippen molar-refractivity contribution in [2.75, 3.05) is 6.61 Å². The molecule has 0 aliphatic heterocycles. The van der Waals surface area contributed by atoms with Crippen LogP contribution in [0, 0.1) is 6.92 Å². The molecule has 0 atom stereocenters. The van der Waals surface area contributed by atoms with E-state index in [-0.39, 0.29) is 12.5 Å². The number of rotatable bonds is 6. The Morgan fingerprint density at radius 1 is 1.44 bits per heavy atom. The number of nitrogens with one attached hydrogen (secondary N) is 1. The summed E-state index contributed by atoms with van der Waals surface area (Å²) >= 11 is 1.60. The molecule has 1 aromatic carbocycles. The smallest absolute Gasteiger partial charge is 0.270 e. The molecule has 0 spiro atoms. The number of thiazole rings is 1. The van der Waals surface area contributed by atoms with E-state index in [0.717, 1.165) is 40.1 Å². The predicted molar refractivity (Wildman–Crippen MR) is 103 cm³/mol. The molecular formula is C19H22N4O3S. The van der Waals surface area contributed by atoms with Gasteiger partial charge >= 0.3 is 0 Å². The molecule has 1 saturated carbocycles. The highest BCUT2D eigenvalue weighted by Crippen LogP contribution is 2.32. The van der Waals surface area contributed by atoms with Gasteiger partial charge in [-0.15, -0.1) is 11.3 Å². The van der Waals surface area contributed by atoms with Crippen LogP contribution in [0.1, 0.15) is 39.6 Å². The lowest BCUT2D eigenvalue weighted by molar-refractivity contribution is 0.0635. The van der Waals surface area contributed by atoms with Crippen LogP contribution in [0.15, 0.2) is 24.4 Å². The minimum atomic E-state index is -0.494. The van der Waals surface area contributed by atoms with Gasteiger partial charge in [-0.1, -0.05) is 0 Å². The van der Waals surface area contributed by atoms with Crippen LogP contribution in [0.25, 0.3) is 10.9 Å². The van der Waals surface area contributed by atoms with Gasteiger partial charge in [0.05, 0.1) is 27.5 Å². The first kappa shape index (κ1) is 17.9. The molecule has 2 heterocycles. The highest BCUT2D eigenvalue weighted by atomic mass is 32.1. The van der Waals surface area contributed by atoms with Gasteiger partial charge in [-0.2, -0.15) is 5.10 Å². The zero-order chi connectivity index (χ0) is 19.0. The highest BCUT2D eigenvalue weighted by Gasteiger charge is 2.38. The number of benzene rings is 1. The lowest BCUT2D eigenvalue weighted by Gasteiger charge is -2.40. The van der Waals surface area contributed by atoms with Crippen LogP contribution in [-0.4, -0.2) is 37.9 Å². The van der Waals surface area contributed by atoms with Gasteiger partial charge < -0.3 is 15.2 Å². The fourth-order valence-electron chi connectivity index (χ4n) is 3.39. The molecule has 4 rings (SSSR count). The second-order valence-corrected chi connectivity index (χ2v) is 8.35. The molecule has 2 aromatic heterocycles. The first-order valence-corrected chi connectivity index (χ1v) is 9.76. The molecule has 2 N–H and O–H groups in total. The number of nitrogens with zero attached hydrogens (tertiary/aromatic N) is 3. The van der Waals surface area contributed by atoms with Crippen LogP contribution in [0.2, 0.25) is 0 Å². The third-order valence-electron chi connectivity index (χ3n) is 5.06. The second kappa shape index (κ2) is 6.94. The Morgan fingerprint density at radius 3 is 2.89 bits per heavy atom. The molecule has 1 aliphatic rings. The van der Waals surface area contributed by atoms with Crippen molar-refractivity contribution in [3.05, 3.63) is 40.0 Å². The van der Waals surface area contributed by atoms with E-state index in [1.165, 1.54) is 0 Å². The summed E-state index contributed by atoms with van der Waals surface area (Å²) in [7, 11) is 1.75. The number of hydrogen-bond donors (Lipinski definition) is 2. The molecule has 27 heavy (non-hydrogen) atoms. The molecule has 3 aromatic rings.